The van der Waals surface area contributed by atoms with Crippen LogP contribution in [0.3, 0.4) is 0 Å². The van der Waals surface area contributed by atoms with Crippen molar-refractivity contribution in [2.45, 2.75) is 38.1 Å². The van der Waals surface area contributed by atoms with Crippen molar-refractivity contribution in [1.29, 1.82) is 0 Å². The third-order valence-electron chi connectivity index (χ3n) is 3.97. The van der Waals surface area contributed by atoms with E-state index in [4.69, 9.17) is 0 Å². The zero-order valence-corrected chi connectivity index (χ0v) is 12.3. The number of benzene rings is 1. The van der Waals surface area contributed by atoms with E-state index in [0.29, 0.717) is 6.54 Å². The highest BCUT2D eigenvalue weighted by Gasteiger charge is 2.54. The van der Waals surface area contributed by atoms with Crippen LogP contribution in [0.25, 0.3) is 0 Å². The lowest BCUT2D eigenvalue weighted by atomic mass is 9.91. The Morgan fingerprint density at radius 2 is 1.82 bits per heavy atom. The first-order chi connectivity index (χ1) is 10.2. The Morgan fingerprint density at radius 1 is 1.27 bits per heavy atom. The number of nitrogens with one attached hydrogen (secondary N) is 1. The number of aryl methyl sites for hydroxylation is 1. The average Bonchev–Trinajstić information content (AvgIpc) is 2.46. The van der Waals surface area contributed by atoms with Gasteiger partial charge >= 0.3 is 12.2 Å². The maximum absolute atomic E-state index is 12.7. The van der Waals surface area contributed by atoms with Gasteiger partial charge in [-0.25, -0.2) is 4.79 Å². The van der Waals surface area contributed by atoms with E-state index in [1.54, 1.807) is 0 Å². The molecule has 0 aliphatic carbocycles. The number of piperidine rings is 1. The fraction of sp³-hybridized carbons (Fsp3) is 0.533. The van der Waals surface area contributed by atoms with Crippen molar-refractivity contribution in [2.24, 2.45) is 0 Å². The topological polar surface area (TPSA) is 52.6 Å². The molecule has 0 atom stereocenters. The SMILES string of the molecule is Cc1ccc(CNC(=O)N2CCC(O)(C(F)(F)F)CC2)cc1. The molecule has 1 aliphatic rings. The van der Waals surface area contributed by atoms with Crippen LogP contribution in [-0.2, 0) is 6.54 Å². The fourth-order valence-electron chi connectivity index (χ4n) is 2.36. The summed E-state index contributed by atoms with van der Waals surface area (Å²) in [5.41, 5.74) is -0.652. The van der Waals surface area contributed by atoms with Gasteiger partial charge in [0.1, 0.15) is 0 Å². The highest BCUT2D eigenvalue weighted by atomic mass is 19.4. The Labute approximate surface area is 126 Å². The number of alkyl halides is 3. The predicted octanol–water partition coefficient (Wildman–Crippen LogP) is 2.59. The molecule has 1 aromatic rings. The lowest BCUT2D eigenvalue weighted by Gasteiger charge is -2.39. The van der Waals surface area contributed by atoms with Gasteiger partial charge in [-0.05, 0) is 12.5 Å². The summed E-state index contributed by atoms with van der Waals surface area (Å²) in [5.74, 6) is 0. The van der Waals surface area contributed by atoms with Crippen LogP contribution < -0.4 is 5.32 Å². The number of hydrogen-bond acceptors (Lipinski definition) is 2. The van der Waals surface area contributed by atoms with Crippen LogP contribution in [0.4, 0.5) is 18.0 Å². The Balaban J connectivity index is 1.84. The van der Waals surface area contributed by atoms with Gasteiger partial charge in [0.15, 0.2) is 5.60 Å². The minimum atomic E-state index is -4.66. The van der Waals surface area contributed by atoms with Crippen molar-refractivity contribution in [3.8, 4) is 0 Å². The van der Waals surface area contributed by atoms with E-state index in [2.05, 4.69) is 5.32 Å². The predicted molar refractivity (Wildman–Crippen MR) is 75.2 cm³/mol. The molecule has 0 bridgehead atoms. The molecule has 2 amide bonds. The van der Waals surface area contributed by atoms with Crippen molar-refractivity contribution in [3.63, 3.8) is 0 Å². The van der Waals surface area contributed by atoms with E-state index in [9.17, 15) is 23.1 Å². The molecule has 0 unspecified atom stereocenters. The van der Waals surface area contributed by atoms with Gasteiger partial charge in [-0.15, -0.1) is 0 Å². The van der Waals surface area contributed by atoms with Crippen molar-refractivity contribution >= 4 is 6.03 Å². The third-order valence-corrected chi connectivity index (χ3v) is 3.97. The van der Waals surface area contributed by atoms with Crippen molar-refractivity contribution < 1.29 is 23.1 Å². The number of halogens is 3. The van der Waals surface area contributed by atoms with Gasteiger partial charge in [0.25, 0.3) is 0 Å². The zero-order chi connectivity index (χ0) is 16.4. The lowest BCUT2D eigenvalue weighted by Crippen LogP contribution is -2.55. The second kappa shape index (κ2) is 6.16. The van der Waals surface area contributed by atoms with Crippen LogP contribution in [0.2, 0.25) is 0 Å². The van der Waals surface area contributed by atoms with Gasteiger partial charge in [-0.1, -0.05) is 29.8 Å². The van der Waals surface area contributed by atoms with E-state index in [0.717, 1.165) is 11.1 Å². The second-order valence-electron chi connectivity index (χ2n) is 5.66. The van der Waals surface area contributed by atoms with Crippen LogP contribution in [0.1, 0.15) is 24.0 Å². The normalized spacial score (nSPS) is 18.1. The molecule has 2 N–H and O–H groups in total. The lowest BCUT2D eigenvalue weighted by molar-refractivity contribution is -0.271. The summed E-state index contributed by atoms with van der Waals surface area (Å²) in [4.78, 5) is 13.3. The van der Waals surface area contributed by atoms with Crippen molar-refractivity contribution in [1.82, 2.24) is 10.2 Å². The number of aliphatic hydroxyl groups is 1. The molecule has 1 saturated heterocycles. The number of likely N-dealkylation sites (tertiary alicyclic amines) is 1. The largest absolute Gasteiger partial charge is 0.417 e. The quantitative estimate of drug-likeness (QED) is 0.881. The first-order valence-electron chi connectivity index (χ1n) is 7.09. The van der Waals surface area contributed by atoms with Gasteiger partial charge in [0.05, 0.1) is 0 Å². The molecule has 1 fully saturated rings. The first-order valence-corrected chi connectivity index (χ1v) is 7.09. The zero-order valence-electron chi connectivity index (χ0n) is 12.3. The summed E-state index contributed by atoms with van der Waals surface area (Å²) in [6, 6.07) is 7.20. The van der Waals surface area contributed by atoms with E-state index < -0.39 is 30.7 Å². The molecule has 22 heavy (non-hydrogen) atoms. The van der Waals surface area contributed by atoms with Crippen LogP contribution in [-0.4, -0.2) is 40.9 Å². The van der Waals surface area contributed by atoms with Crippen LogP contribution in [0.5, 0.6) is 0 Å². The summed E-state index contributed by atoms with van der Waals surface area (Å²) < 4.78 is 38.1. The molecule has 0 saturated carbocycles. The van der Waals surface area contributed by atoms with E-state index in [-0.39, 0.29) is 13.1 Å². The molecule has 1 aliphatic heterocycles. The Bertz CT molecular complexity index is 521. The molecule has 122 valence electrons. The van der Waals surface area contributed by atoms with Crippen LogP contribution >= 0.6 is 0 Å². The van der Waals surface area contributed by atoms with Gasteiger partial charge in [-0.3, -0.25) is 0 Å². The standard InChI is InChI=1S/C15H19F3N2O2/c1-11-2-4-12(5-3-11)10-19-13(21)20-8-6-14(22,7-9-20)15(16,17)18/h2-5,22H,6-10H2,1H3,(H,19,21). The number of nitrogens with zero attached hydrogens (tertiary/aromatic N) is 1. The second-order valence-corrected chi connectivity index (χ2v) is 5.66. The molecule has 7 heteroatoms. The molecule has 0 aromatic heterocycles. The smallest absolute Gasteiger partial charge is 0.380 e. The van der Waals surface area contributed by atoms with Gasteiger partial charge in [0, 0.05) is 32.5 Å². The number of rotatable bonds is 2. The van der Waals surface area contributed by atoms with Crippen molar-refractivity contribution in [3.05, 3.63) is 35.4 Å². The summed E-state index contributed by atoms with van der Waals surface area (Å²) in [6.07, 6.45) is -5.64. The van der Waals surface area contributed by atoms with E-state index in [1.165, 1.54) is 4.90 Å². The summed E-state index contributed by atoms with van der Waals surface area (Å²) in [5, 5.41) is 12.2. The van der Waals surface area contributed by atoms with Crippen LogP contribution in [0, 0.1) is 6.92 Å². The van der Waals surface area contributed by atoms with E-state index >= 15 is 0 Å². The average molecular weight is 316 g/mol. The Kier molecular flexibility index (Phi) is 4.65. The fourth-order valence-corrected chi connectivity index (χ4v) is 2.36. The molecule has 0 radical (unpaired) electrons. The maximum Gasteiger partial charge on any atom is 0.417 e. The molecule has 1 heterocycles. The van der Waals surface area contributed by atoms with E-state index in [1.807, 2.05) is 31.2 Å². The Morgan fingerprint density at radius 3 is 2.32 bits per heavy atom. The minimum Gasteiger partial charge on any atom is -0.380 e. The van der Waals surface area contributed by atoms with Gasteiger partial charge < -0.3 is 15.3 Å². The third kappa shape index (κ3) is 3.71. The summed E-state index contributed by atoms with van der Waals surface area (Å²) >= 11 is 0. The minimum absolute atomic E-state index is 0.115. The molecule has 4 nitrogen and oxygen atoms in total. The van der Waals surface area contributed by atoms with Gasteiger partial charge in [0.2, 0.25) is 0 Å². The molecular formula is C15H19F3N2O2. The molecular weight excluding hydrogens is 297 g/mol. The maximum atomic E-state index is 12.7. The summed E-state index contributed by atoms with van der Waals surface area (Å²) in [7, 11) is 0. The van der Waals surface area contributed by atoms with Crippen molar-refractivity contribution in [2.75, 3.05) is 13.1 Å². The number of urea groups is 1. The number of hydrogen-bond donors (Lipinski definition) is 2. The van der Waals surface area contributed by atoms with Gasteiger partial charge in [-0.2, -0.15) is 13.2 Å². The number of amides is 2. The molecule has 1 aromatic carbocycles. The summed E-state index contributed by atoms with van der Waals surface area (Å²) in [6.45, 7) is 2.04. The first kappa shape index (κ1) is 16.6. The number of carbonyl (C=O) groups excluding carboxylic acids is 1. The Hall–Kier alpha value is -1.76. The molecule has 2 rings (SSSR count). The molecule has 0 spiro atoms. The van der Waals surface area contributed by atoms with Crippen LogP contribution in [0.15, 0.2) is 24.3 Å². The highest BCUT2D eigenvalue weighted by molar-refractivity contribution is 5.74. The monoisotopic (exact) mass is 316 g/mol. The number of carbonyl (C=O) groups is 1. The highest BCUT2D eigenvalue weighted by Crippen LogP contribution is 2.38.